The van der Waals surface area contributed by atoms with Crippen LogP contribution in [-0.2, 0) is 4.79 Å². The standard InChI is InChI=1S/C14H25N3OS/c1-2-14(5-3-4-6-14)13(18)17-9-7-16(8-10-17)11-12(15)19/h2-11H2,1H3,(H2,15,19). The Morgan fingerprint density at radius 2 is 1.79 bits per heavy atom. The molecule has 0 unspecified atom stereocenters. The van der Waals surface area contributed by atoms with Crippen LogP contribution in [-0.4, -0.2) is 53.4 Å². The van der Waals surface area contributed by atoms with E-state index in [0.717, 1.165) is 45.4 Å². The highest BCUT2D eigenvalue weighted by Crippen LogP contribution is 2.42. The molecule has 5 heteroatoms. The first-order valence-electron chi connectivity index (χ1n) is 7.37. The molecule has 0 aromatic rings. The zero-order valence-corrected chi connectivity index (χ0v) is 12.7. The Morgan fingerprint density at radius 3 is 2.26 bits per heavy atom. The maximum absolute atomic E-state index is 12.7. The van der Waals surface area contributed by atoms with Gasteiger partial charge >= 0.3 is 0 Å². The van der Waals surface area contributed by atoms with Gasteiger partial charge in [-0.05, 0) is 19.3 Å². The highest BCUT2D eigenvalue weighted by Gasteiger charge is 2.42. The van der Waals surface area contributed by atoms with Gasteiger partial charge in [0.15, 0.2) is 0 Å². The summed E-state index contributed by atoms with van der Waals surface area (Å²) in [5.74, 6) is 0.391. The Labute approximate surface area is 121 Å². The van der Waals surface area contributed by atoms with E-state index >= 15 is 0 Å². The van der Waals surface area contributed by atoms with Crippen molar-refractivity contribution in [3.8, 4) is 0 Å². The van der Waals surface area contributed by atoms with Crippen molar-refractivity contribution in [1.29, 1.82) is 0 Å². The van der Waals surface area contributed by atoms with Crippen LogP contribution in [0.3, 0.4) is 0 Å². The smallest absolute Gasteiger partial charge is 0.228 e. The Bertz CT molecular complexity index is 345. The van der Waals surface area contributed by atoms with Crippen molar-refractivity contribution >= 4 is 23.1 Å². The van der Waals surface area contributed by atoms with Gasteiger partial charge < -0.3 is 10.6 Å². The maximum Gasteiger partial charge on any atom is 0.228 e. The predicted molar refractivity (Wildman–Crippen MR) is 81.0 cm³/mol. The van der Waals surface area contributed by atoms with Crippen LogP contribution in [0.5, 0.6) is 0 Å². The van der Waals surface area contributed by atoms with Crippen LogP contribution in [0, 0.1) is 5.41 Å². The summed E-state index contributed by atoms with van der Waals surface area (Å²) in [6, 6.07) is 0. The van der Waals surface area contributed by atoms with Gasteiger partial charge in [-0.15, -0.1) is 0 Å². The van der Waals surface area contributed by atoms with E-state index in [0.29, 0.717) is 17.4 Å². The highest BCUT2D eigenvalue weighted by molar-refractivity contribution is 7.80. The summed E-state index contributed by atoms with van der Waals surface area (Å²) in [7, 11) is 0. The molecule has 1 heterocycles. The molecule has 0 radical (unpaired) electrons. The van der Waals surface area contributed by atoms with Crippen LogP contribution < -0.4 is 5.73 Å². The van der Waals surface area contributed by atoms with E-state index in [1.165, 1.54) is 12.8 Å². The third-order valence-electron chi connectivity index (χ3n) is 4.73. The Hall–Kier alpha value is -0.680. The summed E-state index contributed by atoms with van der Waals surface area (Å²) in [5.41, 5.74) is 5.52. The fraction of sp³-hybridized carbons (Fsp3) is 0.857. The predicted octanol–water partition coefficient (Wildman–Crippen LogP) is 1.39. The number of carbonyl (C=O) groups is 1. The minimum atomic E-state index is -0.0503. The lowest BCUT2D eigenvalue weighted by molar-refractivity contribution is -0.143. The van der Waals surface area contributed by atoms with Crippen LogP contribution in [0.25, 0.3) is 0 Å². The molecule has 0 bridgehead atoms. The zero-order valence-electron chi connectivity index (χ0n) is 11.9. The summed E-state index contributed by atoms with van der Waals surface area (Å²) in [5, 5.41) is 0. The third kappa shape index (κ3) is 3.26. The SMILES string of the molecule is CCC1(C(=O)N2CCN(CC(N)=S)CC2)CCCC1. The first-order valence-corrected chi connectivity index (χ1v) is 7.78. The normalized spacial score (nSPS) is 23.5. The molecule has 2 N–H and O–H groups in total. The molecule has 0 aromatic heterocycles. The second-order valence-electron chi connectivity index (χ2n) is 5.88. The topological polar surface area (TPSA) is 49.6 Å². The molecule has 1 amide bonds. The number of nitrogens with zero attached hydrogens (tertiary/aromatic N) is 2. The third-order valence-corrected chi connectivity index (χ3v) is 4.86. The highest BCUT2D eigenvalue weighted by atomic mass is 32.1. The molecule has 2 fully saturated rings. The van der Waals surface area contributed by atoms with Crippen LogP contribution in [0.1, 0.15) is 39.0 Å². The van der Waals surface area contributed by atoms with Gasteiger partial charge in [-0.1, -0.05) is 32.0 Å². The summed E-state index contributed by atoms with van der Waals surface area (Å²) in [4.78, 5) is 17.6. The number of nitrogens with two attached hydrogens (primary N) is 1. The number of amides is 1. The van der Waals surface area contributed by atoms with Crippen molar-refractivity contribution < 1.29 is 4.79 Å². The second-order valence-corrected chi connectivity index (χ2v) is 6.40. The summed E-state index contributed by atoms with van der Waals surface area (Å²) >= 11 is 4.94. The van der Waals surface area contributed by atoms with Gasteiger partial charge in [0.1, 0.15) is 0 Å². The summed E-state index contributed by atoms with van der Waals surface area (Å²) < 4.78 is 0. The summed E-state index contributed by atoms with van der Waals surface area (Å²) in [6.45, 7) is 6.26. The molecular weight excluding hydrogens is 258 g/mol. The molecule has 0 aromatic carbocycles. The average Bonchev–Trinajstić information content (AvgIpc) is 2.88. The largest absolute Gasteiger partial charge is 0.392 e. The molecule has 2 aliphatic rings. The van der Waals surface area contributed by atoms with Gasteiger partial charge in [0.25, 0.3) is 0 Å². The van der Waals surface area contributed by atoms with Crippen molar-refractivity contribution in [2.75, 3.05) is 32.7 Å². The van der Waals surface area contributed by atoms with Crippen LogP contribution in [0.2, 0.25) is 0 Å². The van der Waals surface area contributed by atoms with E-state index in [9.17, 15) is 4.79 Å². The minimum Gasteiger partial charge on any atom is -0.392 e. The number of rotatable bonds is 4. The molecule has 1 aliphatic heterocycles. The van der Waals surface area contributed by atoms with Gasteiger partial charge in [0.05, 0.1) is 4.99 Å². The number of carbonyl (C=O) groups excluding carboxylic acids is 1. The Kier molecular flexibility index (Phi) is 4.79. The van der Waals surface area contributed by atoms with E-state index in [1.54, 1.807) is 0 Å². The zero-order chi connectivity index (χ0) is 13.9. The molecule has 0 atom stereocenters. The fourth-order valence-electron chi connectivity index (χ4n) is 3.44. The van der Waals surface area contributed by atoms with E-state index in [2.05, 4.69) is 16.7 Å². The van der Waals surface area contributed by atoms with Crippen molar-refractivity contribution in [3.63, 3.8) is 0 Å². The molecule has 0 spiro atoms. The van der Waals surface area contributed by atoms with Gasteiger partial charge in [-0.25, -0.2) is 0 Å². The molecule has 1 saturated heterocycles. The lowest BCUT2D eigenvalue weighted by atomic mass is 9.81. The van der Waals surface area contributed by atoms with E-state index in [1.807, 2.05) is 0 Å². The van der Waals surface area contributed by atoms with E-state index in [-0.39, 0.29) is 5.41 Å². The van der Waals surface area contributed by atoms with Crippen LogP contribution >= 0.6 is 12.2 Å². The lowest BCUT2D eigenvalue weighted by Crippen LogP contribution is -2.53. The first kappa shape index (κ1) is 14.7. The van der Waals surface area contributed by atoms with Crippen LogP contribution in [0.15, 0.2) is 0 Å². The number of hydrogen-bond acceptors (Lipinski definition) is 3. The van der Waals surface area contributed by atoms with Crippen molar-refractivity contribution in [2.24, 2.45) is 11.1 Å². The Balaban J connectivity index is 1.90. The fourth-order valence-corrected chi connectivity index (χ4v) is 3.62. The van der Waals surface area contributed by atoms with E-state index in [4.69, 9.17) is 18.0 Å². The average molecular weight is 283 g/mol. The molecule has 4 nitrogen and oxygen atoms in total. The number of thiocarbonyl (C=S) groups is 1. The molecule has 108 valence electrons. The van der Waals surface area contributed by atoms with Crippen molar-refractivity contribution in [1.82, 2.24) is 9.80 Å². The van der Waals surface area contributed by atoms with Gasteiger partial charge in [-0.3, -0.25) is 9.69 Å². The van der Waals surface area contributed by atoms with Crippen molar-refractivity contribution in [3.05, 3.63) is 0 Å². The molecule has 1 saturated carbocycles. The maximum atomic E-state index is 12.7. The molecule has 19 heavy (non-hydrogen) atoms. The summed E-state index contributed by atoms with van der Waals surface area (Å²) in [6.07, 6.45) is 5.56. The number of piperazine rings is 1. The quantitative estimate of drug-likeness (QED) is 0.792. The Morgan fingerprint density at radius 1 is 1.21 bits per heavy atom. The lowest BCUT2D eigenvalue weighted by Gasteiger charge is -2.39. The first-order chi connectivity index (χ1) is 9.07. The van der Waals surface area contributed by atoms with Gasteiger partial charge in [0.2, 0.25) is 5.91 Å². The molecule has 2 rings (SSSR count). The number of hydrogen-bond donors (Lipinski definition) is 1. The second kappa shape index (κ2) is 6.18. The van der Waals surface area contributed by atoms with Crippen LogP contribution in [0.4, 0.5) is 0 Å². The van der Waals surface area contributed by atoms with Gasteiger partial charge in [0, 0.05) is 38.1 Å². The van der Waals surface area contributed by atoms with Gasteiger partial charge in [-0.2, -0.15) is 0 Å². The van der Waals surface area contributed by atoms with Crippen molar-refractivity contribution in [2.45, 2.75) is 39.0 Å². The monoisotopic (exact) mass is 283 g/mol. The minimum absolute atomic E-state index is 0.0503. The van der Waals surface area contributed by atoms with E-state index < -0.39 is 0 Å². The molecule has 1 aliphatic carbocycles. The molecular formula is C14H25N3OS.